The van der Waals surface area contributed by atoms with Crippen molar-refractivity contribution in [3.63, 3.8) is 0 Å². The second-order valence-corrected chi connectivity index (χ2v) is 7.62. The van der Waals surface area contributed by atoms with E-state index in [4.69, 9.17) is 9.47 Å². The molecule has 140 valence electrons. The van der Waals surface area contributed by atoms with E-state index in [1.54, 1.807) is 0 Å². The summed E-state index contributed by atoms with van der Waals surface area (Å²) in [4.78, 5) is 11.0. The summed E-state index contributed by atoms with van der Waals surface area (Å²) in [6.45, 7) is 1.22. The molecule has 7 nitrogen and oxygen atoms in total. The first kappa shape index (κ1) is 20.0. The maximum Gasteiger partial charge on any atom is 0.263 e. The van der Waals surface area contributed by atoms with Gasteiger partial charge in [-0.05, 0) is 40.2 Å². The minimum atomic E-state index is -4.03. The summed E-state index contributed by atoms with van der Waals surface area (Å²) >= 11 is 3.19. The molecule has 26 heavy (non-hydrogen) atoms. The molecule has 0 spiro atoms. The van der Waals surface area contributed by atoms with Gasteiger partial charge in [0.2, 0.25) is 5.91 Å². The van der Waals surface area contributed by atoms with Gasteiger partial charge in [-0.15, -0.1) is 0 Å². The Bertz CT molecular complexity index is 950. The van der Waals surface area contributed by atoms with Gasteiger partial charge in [-0.3, -0.25) is 9.52 Å². The molecule has 2 aromatic carbocycles. The molecule has 0 aliphatic heterocycles. The van der Waals surface area contributed by atoms with Crippen LogP contribution in [0, 0.1) is 5.82 Å². The number of anilines is 2. The lowest BCUT2D eigenvalue weighted by atomic mass is 10.2. The van der Waals surface area contributed by atoms with Crippen LogP contribution in [0.1, 0.15) is 6.92 Å². The van der Waals surface area contributed by atoms with E-state index in [9.17, 15) is 17.6 Å². The third-order valence-corrected chi connectivity index (χ3v) is 5.60. The van der Waals surface area contributed by atoms with Crippen LogP contribution < -0.4 is 19.5 Å². The largest absolute Gasteiger partial charge is 0.493 e. The highest BCUT2D eigenvalue weighted by Gasteiger charge is 2.22. The molecule has 0 saturated carbocycles. The molecular formula is C16H16BrFN2O5S. The predicted octanol–water partition coefficient (Wildman–Crippen LogP) is 3.36. The molecule has 0 unspecified atom stereocenters. The highest BCUT2D eigenvalue weighted by Crippen LogP contribution is 2.36. The van der Waals surface area contributed by atoms with E-state index < -0.39 is 21.7 Å². The van der Waals surface area contributed by atoms with Crippen LogP contribution >= 0.6 is 15.9 Å². The normalized spacial score (nSPS) is 11.0. The van der Waals surface area contributed by atoms with E-state index in [1.807, 2.05) is 0 Å². The number of halogens is 2. The molecule has 1 amide bonds. The molecule has 0 aliphatic rings. The smallest absolute Gasteiger partial charge is 0.263 e. The molecule has 2 rings (SSSR count). The van der Waals surface area contributed by atoms with E-state index in [0.717, 1.165) is 6.07 Å². The Labute approximate surface area is 158 Å². The van der Waals surface area contributed by atoms with Crippen LogP contribution in [0.25, 0.3) is 0 Å². The second-order valence-electron chi connectivity index (χ2n) is 5.12. The van der Waals surface area contributed by atoms with Gasteiger partial charge in [-0.1, -0.05) is 0 Å². The lowest BCUT2D eigenvalue weighted by Gasteiger charge is -2.14. The first-order valence-corrected chi connectivity index (χ1v) is 9.47. The van der Waals surface area contributed by atoms with Gasteiger partial charge in [-0.2, -0.15) is 0 Å². The van der Waals surface area contributed by atoms with Crippen molar-refractivity contribution in [2.75, 3.05) is 24.3 Å². The number of hydrogen-bond acceptors (Lipinski definition) is 5. The molecule has 0 bridgehead atoms. The number of nitrogens with one attached hydrogen (secondary N) is 2. The molecule has 2 N–H and O–H groups in total. The Hall–Kier alpha value is -2.33. The Morgan fingerprint density at radius 2 is 1.73 bits per heavy atom. The van der Waals surface area contributed by atoms with Crippen molar-refractivity contribution in [3.8, 4) is 11.5 Å². The van der Waals surface area contributed by atoms with Gasteiger partial charge < -0.3 is 14.8 Å². The minimum absolute atomic E-state index is 0.0804. The van der Waals surface area contributed by atoms with E-state index in [0.29, 0.717) is 5.75 Å². The molecule has 0 aliphatic carbocycles. The zero-order valence-corrected chi connectivity index (χ0v) is 16.5. The van der Waals surface area contributed by atoms with E-state index >= 15 is 0 Å². The summed E-state index contributed by atoms with van der Waals surface area (Å²) in [6, 6.07) is 6.23. The van der Waals surface area contributed by atoms with Crippen LogP contribution in [-0.4, -0.2) is 28.5 Å². The van der Waals surface area contributed by atoms with Gasteiger partial charge in [0.1, 0.15) is 10.7 Å². The summed E-state index contributed by atoms with van der Waals surface area (Å²) in [5, 5.41) is 2.29. The van der Waals surface area contributed by atoms with Crippen molar-refractivity contribution in [2.45, 2.75) is 11.8 Å². The number of benzene rings is 2. The quantitative estimate of drug-likeness (QED) is 0.709. The maximum absolute atomic E-state index is 13.7. The maximum atomic E-state index is 13.7. The van der Waals surface area contributed by atoms with Gasteiger partial charge >= 0.3 is 0 Å². The van der Waals surface area contributed by atoms with Crippen molar-refractivity contribution in [1.29, 1.82) is 0 Å². The van der Waals surface area contributed by atoms with Crippen molar-refractivity contribution in [3.05, 3.63) is 40.6 Å². The number of carbonyl (C=O) groups excluding carboxylic acids is 1. The fourth-order valence-corrected chi connectivity index (χ4v) is 4.21. The number of hydrogen-bond donors (Lipinski definition) is 2. The Morgan fingerprint density at radius 3 is 2.31 bits per heavy atom. The third-order valence-electron chi connectivity index (χ3n) is 3.26. The molecule has 0 fully saturated rings. The van der Waals surface area contributed by atoms with Crippen molar-refractivity contribution in [2.24, 2.45) is 0 Å². The number of carbonyl (C=O) groups is 1. The fraction of sp³-hybridized carbons (Fsp3) is 0.188. The first-order chi connectivity index (χ1) is 12.2. The monoisotopic (exact) mass is 446 g/mol. The summed E-state index contributed by atoms with van der Waals surface area (Å²) < 4.78 is 51.9. The Balaban J connectivity index is 2.42. The zero-order valence-electron chi connectivity index (χ0n) is 14.1. The number of rotatable bonds is 6. The second kappa shape index (κ2) is 7.92. The standard InChI is InChI=1S/C16H16BrFN2O5S/c1-9(21)19-13-6-10(4-5-12(13)18)20-26(22,23)16-8-15(25-3)14(24-2)7-11(16)17/h4-8,20H,1-3H3,(H,19,21). The van der Waals surface area contributed by atoms with Crippen LogP contribution in [0.4, 0.5) is 15.8 Å². The lowest BCUT2D eigenvalue weighted by Crippen LogP contribution is -2.15. The summed E-state index contributed by atoms with van der Waals surface area (Å²) in [7, 11) is -1.21. The van der Waals surface area contributed by atoms with Crippen molar-refractivity contribution < 1.29 is 27.1 Å². The number of amides is 1. The molecule has 10 heteroatoms. The summed E-state index contributed by atoms with van der Waals surface area (Å²) in [5.74, 6) is -0.579. The van der Waals surface area contributed by atoms with E-state index in [-0.39, 0.29) is 26.5 Å². The molecule has 0 saturated heterocycles. The molecule has 0 atom stereocenters. The summed E-state index contributed by atoms with van der Waals surface area (Å²) in [6.07, 6.45) is 0. The van der Waals surface area contributed by atoms with Gasteiger partial charge in [0, 0.05) is 17.5 Å². The van der Waals surface area contributed by atoms with Crippen molar-refractivity contribution in [1.82, 2.24) is 0 Å². The third kappa shape index (κ3) is 4.44. The number of ether oxygens (including phenoxy) is 2. The molecule has 0 aromatic heterocycles. The van der Waals surface area contributed by atoms with Gasteiger partial charge in [0.15, 0.2) is 11.5 Å². The van der Waals surface area contributed by atoms with Crippen LogP contribution in [0.3, 0.4) is 0 Å². The molecule has 0 heterocycles. The fourth-order valence-electron chi connectivity index (χ4n) is 2.13. The van der Waals surface area contributed by atoms with E-state index in [2.05, 4.69) is 26.0 Å². The Kier molecular flexibility index (Phi) is 6.09. The average molecular weight is 447 g/mol. The van der Waals surface area contributed by atoms with Crippen LogP contribution in [0.15, 0.2) is 39.7 Å². The van der Waals surface area contributed by atoms with Gasteiger partial charge in [0.25, 0.3) is 10.0 Å². The lowest BCUT2D eigenvalue weighted by molar-refractivity contribution is -0.114. The average Bonchev–Trinajstić information content (AvgIpc) is 2.56. The SMILES string of the molecule is COc1cc(Br)c(S(=O)(=O)Nc2ccc(F)c(NC(C)=O)c2)cc1OC. The van der Waals surface area contributed by atoms with Crippen molar-refractivity contribution >= 4 is 43.2 Å². The van der Waals surface area contributed by atoms with Crippen LogP contribution in [0.5, 0.6) is 11.5 Å². The summed E-state index contributed by atoms with van der Waals surface area (Å²) in [5.41, 5.74) is -0.0547. The van der Waals surface area contributed by atoms with Gasteiger partial charge in [0.05, 0.1) is 25.6 Å². The first-order valence-electron chi connectivity index (χ1n) is 7.19. The highest BCUT2D eigenvalue weighted by molar-refractivity contribution is 9.10. The van der Waals surface area contributed by atoms with Crippen LogP contribution in [0.2, 0.25) is 0 Å². The van der Waals surface area contributed by atoms with Gasteiger partial charge in [-0.25, -0.2) is 12.8 Å². The molecular weight excluding hydrogens is 431 g/mol. The number of sulfonamides is 1. The van der Waals surface area contributed by atoms with Crippen LogP contribution in [-0.2, 0) is 14.8 Å². The Morgan fingerprint density at radius 1 is 1.12 bits per heavy atom. The number of methoxy groups -OCH3 is 2. The predicted molar refractivity (Wildman–Crippen MR) is 98.8 cm³/mol. The minimum Gasteiger partial charge on any atom is -0.493 e. The zero-order chi connectivity index (χ0) is 19.5. The molecule has 0 radical (unpaired) electrons. The molecule has 2 aromatic rings. The highest BCUT2D eigenvalue weighted by atomic mass is 79.9. The van der Waals surface area contributed by atoms with E-state index in [1.165, 1.54) is 45.4 Å². The topological polar surface area (TPSA) is 93.7 Å².